The zero-order chi connectivity index (χ0) is 16.6. The molecule has 23 heavy (non-hydrogen) atoms. The van der Waals surface area contributed by atoms with Crippen molar-refractivity contribution in [2.45, 2.75) is 27.3 Å². The number of benzene rings is 1. The minimum Gasteiger partial charge on any atom is -0.300 e. The van der Waals surface area contributed by atoms with Crippen LogP contribution in [0.1, 0.15) is 16.8 Å². The van der Waals surface area contributed by atoms with Crippen LogP contribution >= 0.6 is 11.3 Å². The summed E-state index contributed by atoms with van der Waals surface area (Å²) in [4.78, 5) is 32.8. The summed E-state index contributed by atoms with van der Waals surface area (Å²) >= 11 is 1.41. The van der Waals surface area contributed by atoms with Crippen molar-refractivity contribution in [3.8, 4) is 0 Å². The summed E-state index contributed by atoms with van der Waals surface area (Å²) in [5.74, 6) is -0.297. The Hall–Kier alpha value is -2.54. The fraction of sp³-hybridized carbons (Fsp3) is 0.250. The Bertz CT molecular complexity index is 958. The maximum absolute atomic E-state index is 12.2. The first kappa shape index (κ1) is 15.4. The third-order valence-electron chi connectivity index (χ3n) is 3.70. The van der Waals surface area contributed by atoms with Crippen LogP contribution in [0.3, 0.4) is 0 Å². The minimum absolute atomic E-state index is 0.0815. The van der Waals surface area contributed by atoms with E-state index in [0.29, 0.717) is 16.4 Å². The largest absolute Gasteiger partial charge is 0.300 e. The van der Waals surface area contributed by atoms with E-state index in [2.05, 4.69) is 15.3 Å². The summed E-state index contributed by atoms with van der Waals surface area (Å²) in [6, 6.07) is 5.91. The van der Waals surface area contributed by atoms with Gasteiger partial charge in [-0.25, -0.2) is 9.97 Å². The van der Waals surface area contributed by atoms with E-state index in [-0.39, 0.29) is 18.0 Å². The zero-order valence-corrected chi connectivity index (χ0v) is 13.9. The number of hydrogen-bond donors (Lipinski definition) is 1. The van der Waals surface area contributed by atoms with Gasteiger partial charge in [-0.15, -0.1) is 0 Å². The molecule has 1 N–H and O–H groups in total. The first-order valence-corrected chi connectivity index (χ1v) is 7.96. The van der Waals surface area contributed by atoms with Crippen LogP contribution in [-0.4, -0.2) is 20.4 Å². The third-order valence-corrected chi connectivity index (χ3v) is 4.63. The molecule has 0 radical (unpaired) electrons. The van der Waals surface area contributed by atoms with E-state index in [1.807, 2.05) is 25.1 Å². The molecule has 0 unspecified atom stereocenters. The average molecular weight is 328 g/mol. The van der Waals surface area contributed by atoms with Crippen molar-refractivity contribution in [2.24, 2.45) is 0 Å². The van der Waals surface area contributed by atoms with Gasteiger partial charge in [0.05, 0.1) is 16.5 Å². The molecule has 1 amide bonds. The number of aryl methyl sites for hydroxylation is 2. The van der Waals surface area contributed by atoms with Crippen LogP contribution in [0.15, 0.2) is 29.3 Å². The molecule has 1 aromatic carbocycles. The number of para-hydroxylation sites is 1. The Balaban J connectivity index is 1.80. The molecule has 0 bridgehead atoms. The quantitative estimate of drug-likeness (QED) is 0.801. The standard InChI is InChI=1S/C16H16N4O2S/c1-9-5-4-6-12-14(9)19-16(23-12)18-13(21)7-20-8-17-11(3)10(2)15(20)22/h4-6,8H,7H2,1-3H3,(H,18,19,21). The summed E-state index contributed by atoms with van der Waals surface area (Å²) < 4.78 is 2.32. The molecule has 0 spiro atoms. The van der Waals surface area contributed by atoms with Crippen LogP contribution in [0.25, 0.3) is 10.2 Å². The van der Waals surface area contributed by atoms with Crippen LogP contribution in [-0.2, 0) is 11.3 Å². The van der Waals surface area contributed by atoms with Gasteiger partial charge in [-0.1, -0.05) is 23.5 Å². The van der Waals surface area contributed by atoms with Crippen molar-refractivity contribution < 1.29 is 4.79 Å². The Morgan fingerprint density at radius 3 is 2.83 bits per heavy atom. The number of hydrogen-bond acceptors (Lipinski definition) is 5. The fourth-order valence-corrected chi connectivity index (χ4v) is 3.20. The average Bonchev–Trinajstić information content (AvgIpc) is 2.92. The van der Waals surface area contributed by atoms with E-state index in [1.54, 1.807) is 13.8 Å². The molecule has 3 rings (SSSR count). The van der Waals surface area contributed by atoms with Gasteiger partial charge in [0.15, 0.2) is 5.13 Å². The first-order valence-electron chi connectivity index (χ1n) is 7.14. The van der Waals surface area contributed by atoms with Gasteiger partial charge in [-0.05, 0) is 32.4 Å². The molecule has 0 aliphatic rings. The van der Waals surface area contributed by atoms with Crippen molar-refractivity contribution >= 4 is 32.6 Å². The second kappa shape index (κ2) is 5.92. The van der Waals surface area contributed by atoms with Crippen LogP contribution in [0.5, 0.6) is 0 Å². The van der Waals surface area contributed by atoms with Gasteiger partial charge in [0.25, 0.3) is 5.56 Å². The summed E-state index contributed by atoms with van der Waals surface area (Å²) in [6.45, 7) is 5.37. The van der Waals surface area contributed by atoms with Crippen LogP contribution in [0, 0.1) is 20.8 Å². The summed E-state index contributed by atoms with van der Waals surface area (Å²) in [7, 11) is 0. The molecular weight excluding hydrogens is 312 g/mol. The van der Waals surface area contributed by atoms with Gasteiger partial charge in [0.2, 0.25) is 5.91 Å². The number of carbonyl (C=O) groups excluding carboxylic acids is 1. The monoisotopic (exact) mass is 328 g/mol. The molecule has 0 saturated heterocycles. The fourth-order valence-electron chi connectivity index (χ4n) is 2.24. The van der Waals surface area contributed by atoms with Crippen LogP contribution < -0.4 is 10.9 Å². The number of thiazole rings is 1. The smallest absolute Gasteiger partial charge is 0.256 e. The predicted octanol–water partition coefficient (Wildman–Crippen LogP) is 2.42. The van der Waals surface area contributed by atoms with Gasteiger partial charge in [0.1, 0.15) is 6.54 Å². The van der Waals surface area contributed by atoms with Gasteiger partial charge in [0, 0.05) is 11.3 Å². The molecule has 2 heterocycles. The number of rotatable bonds is 3. The molecule has 118 valence electrons. The number of carbonyl (C=O) groups is 1. The summed E-state index contributed by atoms with van der Waals surface area (Å²) in [6.07, 6.45) is 1.40. The third kappa shape index (κ3) is 3.00. The lowest BCUT2D eigenvalue weighted by Gasteiger charge is -2.07. The number of fused-ring (bicyclic) bond motifs is 1. The SMILES string of the molecule is Cc1ncn(CC(=O)Nc2nc3c(C)cccc3s2)c(=O)c1C. The van der Waals surface area contributed by atoms with E-state index in [0.717, 1.165) is 15.8 Å². The Labute approximate surface area is 136 Å². The maximum Gasteiger partial charge on any atom is 0.256 e. The topological polar surface area (TPSA) is 76.9 Å². The molecule has 6 nitrogen and oxygen atoms in total. The minimum atomic E-state index is -0.297. The van der Waals surface area contributed by atoms with Crippen molar-refractivity contribution in [3.05, 3.63) is 51.7 Å². The van der Waals surface area contributed by atoms with Gasteiger partial charge < -0.3 is 5.32 Å². The van der Waals surface area contributed by atoms with E-state index in [4.69, 9.17) is 0 Å². The number of aromatic nitrogens is 3. The Morgan fingerprint density at radius 2 is 2.09 bits per heavy atom. The number of nitrogens with zero attached hydrogens (tertiary/aromatic N) is 3. The van der Waals surface area contributed by atoms with E-state index in [1.165, 1.54) is 22.2 Å². The first-order chi connectivity index (χ1) is 11.0. The number of nitrogens with one attached hydrogen (secondary N) is 1. The summed E-state index contributed by atoms with van der Waals surface area (Å²) in [5.41, 5.74) is 2.98. The lowest BCUT2D eigenvalue weighted by molar-refractivity contribution is -0.116. The van der Waals surface area contributed by atoms with Crippen molar-refractivity contribution in [2.75, 3.05) is 5.32 Å². The maximum atomic E-state index is 12.2. The van der Waals surface area contributed by atoms with Crippen molar-refractivity contribution in [3.63, 3.8) is 0 Å². The van der Waals surface area contributed by atoms with E-state index < -0.39 is 0 Å². The molecule has 0 saturated carbocycles. The van der Waals surface area contributed by atoms with Crippen molar-refractivity contribution in [1.82, 2.24) is 14.5 Å². The molecule has 0 aliphatic carbocycles. The van der Waals surface area contributed by atoms with Crippen LogP contribution in [0.2, 0.25) is 0 Å². The van der Waals surface area contributed by atoms with E-state index in [9.17, 15) is 9.59 Å². The second-order valence-electron chi connectivity index (χ2n) is 5.38. The molecule has 3 aromatic rings. The van der Waals surface area contributed by atoms with Gasteiger partial charge in [-0.2, -0.15) is 0 Å². The lowest BCUT2D eigenvalue weighted by Crippen LogP contribution is -2.29. The highest BCUT2D eigenvalue weighted by Crippen LogP contribution is 2.27. The van der Waals surface area contributed by atoms with Crippen LogP contribution in [0.4, 0.5) is 5.13 Å². The molecule has 7 heteroatoms. The lowest BCUT2D eigenvalue weighted by atomic mass is 10.2. The Morgan fingerprint density at radius 1 is 1.30 bits per heavy atom. The Kier molecular flexibility index (Phi) is 3.96. The van der Waals surface area contributed by atoms with Crippen molar-refractivity contribution in [1.29, 1.82) is 0 Å². The number of amides is 1. The highest BCUT2D eigenvalue weighted by molar-refractivity contribution is 7.22. The molecular formula is C16H16N4O2S. The highest BCUT2D eigenvalue weighted by Gasteiger charge is 2.11. The molecule has 0 atom stereocenters. The van der Waals surface area contributed by atoms with E-state index >= 15 is 0 Å². The van der Waals surface area contributed by atoms with Gasteiger partial charge >= 0.3 is 0 Å². The molecule has 0 aliphatic heterocycles. The zero-order valence-electron chi connectivity index (χ0n) is 13.1. The molecule has 0 fully saturated rings. The predicted molar refractivity (Wildman–Crippen MR) is 91.0 cm³/mol. The normalized spacial score (nSPS) is 10.9. The molecule has 2 aromatic heterocycles. The van der Waals surface area contributed by atoms with Gasteiger partial charge in [-0.3, -0.25) is 14.2 Å². The number of anilines is 1. The highest BCUT2D eigenvalue weighted by atomic mass is 32.1. The summed E-state index contributed by atoms with van der Waals surface area (Å²) in [5, 5.41) is 3.28. The second-order valence-corrected chi connectivity index (χ2v) is 6.41.